The second-order valence-corrected chi connectivity index (χ2v) is 2.03. The maximum Gasteiger partial charge on any atom is 0.00813 e. The van der Waals surface area contributed by atoms with Crippen LogP contribution in [0.3, 0.4) is 0 Å². The van der Waals surface area contributed by atoms with Gasteiger partial charge in [0.1, 0.15) is 0 Å². The normalized spacial score (nSPS) is 10.4. The molecule has 0 aromatic carbocycles. The van der Waals surface area contributed by atoms with Crippen LogP contribution in [0.15, 0.2) is 11.8 Å². The summed E-state index contributed by atoms with van der Waals surface area (Å²) >= 11 is 0. The molecule has 0 radical (unpaired) electrons. The fraction of sp³-hybridized carbons (Fsp3) is 0.714. The Bertz CT molecular complexity index is 86.9. The third kappa shape index (κ3) is 4.34. The average Bonchev–Trinajstić information content (AvgIpc) is 1.69. The van der Waals surface area contributed by atoms with Gasteiger partial charge in [-0.15, -0.1) is 12.4 Å². The van der Waals surface area contributed by atoms with Crippen LogP contribution in [0, 0.1) is 0 Å². The Morgan fingerprint density at radius 2 is 1.89 bits per heavy atom. The van der Waals surface area contributed by atoms with Gasteiger partial charge in [-0.3, -0.25) is 0 Å². The van der Waals surface area contributed by atoms with Gasteiger partial charge in [-0.2, -0.15) is 0 Å². The molecule has 56 valence electrons. The zero-order chi connectivity index (χ0) is 6.57. The van der Waals surface area contributed by atoms with E-state index >= 15 is 0 Å². The van der Waals surface area contributed by atoms with Gasteiger partial charge in [0.2, 0.25) is 0 Å². The van der Waals surface area contributed by atoms with E-state index in [1.165, 1.54) is 5.70 Å². The van der Waals surface area contributed by atoms with Crippen LogP contribution in [0.5, 0.6) is 0 Å². The van der Waals surface area contributed by atoms with Gasteiger partial charge in [-0.05, 0) is 13.3 Å². The largest absolute Gasteiger partial charge is 0.381 e. The van der Waals surface area contributed by atoms with Crippen molar-refractivity contribution in [3.05, 3.63) is 11.8 Å². The topological polar surface area (TPSA) is 3.24 Å². The van der Waals surface area contributed by atoms with Crippen LogP contribution in [0.25, 0.3) is 0 Å². The first-order valence-corrected chi connectivity index (χ1v) is 3.04. The summed E-state index contributed by atoms with van der Waals surface area (Å²) in [6, 6.07) is 0. The zero-order valence-electron chi connectivity index (χ0n) is 6.64. The predicted octanol–water partition coefficient (Wildman–Crippen LogP) is 2.28. The third-order valence-electron chi connectivity index (χ3n) is 1.27. The maximum atomic E-state index is 2.16. The van der Waals surface area contributed by atoms with Gasteiger partial charge in [-0.25, -0.2) is 0 Å². The second kappa shape index (κ2) is 5.96. The molecule has 9 heavy (non-hydrogen) atoms. The molecule has 0 rings (SSSR count). The van der Waals surface area contributed by atoms with Gasteiger partial charge >= 0.3 is 0 Å². The molecule has 2 heteroatoms. The highest BCUT2D eigenvalue weighted by molar-refractivity contribution is 5.85. The van der Waals surface area contributed by atoms with Gasteiger partial charge in [0.15, 0.2) is 0 Å². The highest BCUT2D eigenvalue weighted by Crippen LogP contribution is 2.01. The van der Waals surface area contributed by atoms with Gasteiger partial charge < -0.3 is 4.90 Å². The molecular formula is C7H16ClN. The van der Waals surface area contributed by atoms with Crippen LogP contribution >= 0.6 is 12.4 Å². The monoisotopic (exact) mass is 149 g/mol. The molecule has 0 heterocycles. The Morgan fingerprint density at radius 3 is 1.89 bits per heavy atom. The number of hydrogen-bond donors (Lipinski definition) is 0. The van der Waals surface area contributed by atoms with Crippen molar-refractivity contribution < 1.29 is 0 Å². The molecule has 0 aromatic rings. The van der Waals surface area contributed by atoms with Gasteiger partial charge in [-0.1, -0.05) is 13.0 Å². The van der Waals surface area contributed by atoms with Gasteiger partial charge in [0, 0.05) is 19.8 Å². The molecule has 0 aliphatic carbocycles. The van der Waals surface area contributed by atoms with Crippen LogP contribution in [0.4, 0.5) is 0 Å². The van der Waals surface area contributed by atoms with E-state index in [4.69, 9.17) is 0 Å². The fourth-order valence-corrected chi connectivity index (χ4v) is 0.779. The average molecular weight is 150 g/mol. The molecule has 0 fully saturated rings. The first-order chi connectivity index (χ1) is 3.72. The molecule has 0 aliphatic heterocycles. The van der Waals surface area contributed by atoms with Crippen molar-refractivity contribution in [2.24, 2.45) is 0 Å². The Labute approximate surface area is 64.2 Å². The summed E-state index contributed by atoms with van der Waals surface area (Å²) < 4.78 is 0. The molecule has 0 aliphatic rings. The molecule has 0 amide bonds. The Kier molecular flexibility index (Phi) is 7.68. The molecule has 0 bridgehead atoms. The van der Waals surface area contributed by atoms with Crippen LogP contribution in [0.1, 0.15) is 20.3 Å². The van der Waals surface area contributed by atoms with Crippen molar-refractivity contribution in [3.8, 4) is 0 Å². The Hall–Kier alpha value is -0.170. The summed E-state index contributed by atoms with van der Waals surface area (Å²) in [6.45, 7) is 4.23. The predicted molar refractivity (Wildman–Crippen MR) is 45.0 cm³/mol. The summed E-state index contributed by atoms with van der Waals surface area (Å²) in [7, 11) is 4.14. The van der Waals surface area contributed by atoms with Crippen molar-refractivity contribution in [3.63, 3.8) is 0 Å². The highest BCUT2D eigenvalue weighted by Gasteiger charge is 1.90. The Morgan fingerprint density at radius 1 is 1.44 bits per heavy atom. The van der Waals surface area contributed by atoms with E-state index in [-0.39, 0.29) is 12.4 Å². The number of allylic oxidation sites excluding steroid dienone is 2. The standard InChI is InChI=1S/C7H15N.ClH/c1-5-7(6-2)8(3)4;/h5H,6H2,1-4H3;1H. The summed E-state index contributed by atoms with van der Waals surface area (Å²) in [5.74, 6) is 0. The SMILES string of the molecule is CC=C(CC)N(C)C.Cl. The molecule has 1 nitrogen and oxygen atoms in total. The fourth-order valence-electron chi connectivity index (χ4n) is 0.779. The lowest BCUT2D eigenvalue weighted by atomic mass is 10.3. The minimum atomic E-state index is 0. The van der Waals surface area contributed by atoms with Crippen molar-refractivity contribution in [2.75, 3.05) is 14.1 Å². The van der Waals surface area contributed by atoms with Crippen LogP contribution in [0.2, 0.25) is 0 Å². The smallest absolute Gasteiger partial charge is 0.00813 e. The maximum absolute atomic E-state index is 2.16. The van der Waals surface area contributed by atoms with Crippen molar-refractivity contribution in [1.82, 2.24) is 4.90 Å². The van der Waals surface area contributed by atoms with Crippen LogP contribution < -0.4 is 0 Å². The van der Waals surface area contributed by atoms with E-state index in [9.17, 15) is 0 Å². The molecule has 0 spiro atoms. The van der Waals surface area contributed by atoms with Crippen LogP contribution in [-0.2, 0) is 0 Å². The quantitative estimate of drug-likeness (QED) is 0.583. The summed E-state index contributed by atoms with van der Waals surface area (Å²) in [6.07, 6.45) is 3.27. The molecule has 0 atom stereocenters. The number of rotatable bonds is 2. The van der Waals surface area contributed by atoms with E-state index in [0.29, 0.717) is 0 Å². The number of halogens is 1. The molecule has 0 N–H and O–H groups in total. The Balaban J connectivity index is 0. The lowest BCUT2D eigenvalue weighted by molar-refractivity contribution is 0.493. The number of nitrogens with zero attached hydrogens (tertiary/aromatic N) is 1. The van der Waals surface area contributed by atoms with Gasteiger partial charge in [0.25, 0.3) is 0 Å². The van der Waals surface area contributed by atoms with Crippen molar-refractivity contribution >= 4 is 12.4 Å². The molecule has 0 saturated heterocycles. The molecule has 0 aromatic heterocycles. The molecular weight excluding hydrogens is 134 g/mol. The van der Waals surface area contributed by atoms with E-state index in [2.05, 4.69) is 38.9 Å². The minimum absolute atomic E-state index is 0. The first kappa shape index (κ1) is 11.6. The minimum Gasteiger partial charge on any atom is -0.381 e. The first-order valence-electron chi connectivity index (χ1n) is 3.04. The molecule has 0 unspecified atom stereocenters. The third-order valence-corrected chi connectivity index (χ3v) is 1.27. The highest BCUT2D eigenvalue weighted by atomic mass is 35.5. The van der Waals surface area contributed by atoms with E-state index in [1.807, 2.05) is 0 Å². The van der Waals surface area contributed by atoms with Crippen molar-refractivity contribution in [1.29, 1.82) is 0 Å². The zero-order valence-corrected chi connectivity index (χ0v) is 7.46. The van der Waals surface area contributed by atoms with E-state index < -0.39 is 0 Å². The lowest BCUT2D eigenvalue weighted by Gasteiger charge is -2.13. The van der Waals surface area contributed by atoms with Crippen LogP contribution in [-0.4, -0.2) is 19.0 Å². The van der Waals surface area contributed by atoms with Crippen molar-refractivity contribution in [2.45, 2.75) is 20.3 Å². The number of hydrogen-bond acceptors (Lipinski definition) is 1. The second-order valence-electron chi connectivity index (χ2n) is 2.03. The summed E-state index contributed by atoms with van der Waals surface area (Å²) in [4.78, 5) is 2.14. The summed E-state index contributed by atoms with van der Waals surface area (Å²) in [5.41, 5.74) is 1.39. The van der Waals surface area contributed by atoms with E-state index in [0.717, 1.165) is 6.42 Å². The van der Waals surface area contributed by atoms with E-state index in [1.54, 1.807) is 0 Å². The summed E-state index contributed by atoms with van der Waals surface area (Å²) in [5, 5.41) is 0. The van der Waals surface area contributed by atoms with Gasteiger partial charge in [0.05, 0.1) is 0 Å². The molecule has 0 saturated carbocycles. The lowest BCUT2D eigenvalue weighted by Crippen LogP contribution is -2.09.